The Morgan fingerprint density at radius 3 is 2.16 bits per heavy atom. The van der Waals surface area contributed by atoms with Crippen LogP contribution in [0.15, 0.2) is 65.7 Å². The third-order valence-electron chi connectivity index (χ3n) is 6.61. The number of nitrogens with zero attached hydrogens (tertiary/aromatic N) is 6. The van der Waals surface area contributed by atoms with Crippen molar-refractivity contribution in [1.29, 1.82) is 0 Å². The molecular weight excluding hydrogens is 517 g/mol. The van der Waals surface area contributed by atoms with E-state index in [4.69, 9.17) is 0 Å². The van der Waals surface area contributed by atoms with E-state index in [9.17, 15) is 21.6 Å². The first kappa shape index (κ1) is 26.1. The summed E-state index contributed by atoms with van der Waals surface area (Å²) in [7, 11) is -4.33. The molecule has 1 aliphatic heterocycles. The molecule has 0 unspecified atom stereocenters. The Kier molecular flexibility index (Phi) is 6.42. The van der Waals surface area contributed by atoms with Crippen molar-refractivity contribution in [3.63, 3.8) is 0 Å². The van der Waals surface area contributed by atoms with Crippen LogP contribution in [0.2, 0.25) is 0 Å². The predicted molar refractivity (Wildman–Crippen MR) is 137 cm³/mol. The van der Waals surface area contributed by atoms with Crippen LogP contribution in [-0.2, 0) is 21.6 Å². The average Bonchev–Trinajstić information content (AvgIpc) is 3.32. The number of rotatable bonds is 4. The highest BCUT2D eigenvalue weighted by atomic mass is 32.2. The van der Waals surface area contributed by atoms with Gasteiger partial charge in [-0.25, -0.2) is 13.4 Å². The van der Waals surface area contributed by atoms with E-state index in [1.54, 1.807) is 10.7 Å². The van der Waals surface area contributed by atoms with Crippen LogP contribution in [0.3, 0.4) is 0 Å². The van der Waals surface area contributed by atoms with Gasteiger partial charge in [0.1, 0.15) is 0 Å². The fourth-order valence-corrected chi connectivity index (χ4v) is 6.10. The molecule has 0 N–H and O–H groups in total. The molecule has 12 heteroatoms. The molecule has 0 amide bonds. The number of benzene rings is 2. The average molecular weight is 545 g/mol. The summed E-state index contributed by atoms with van der Waals surface area (Å²) in [5.41, 5.74) is 1.81. The minimum atomic E-state index is -4.77. The second-order valence-electron chi connectivity index (χ2n) is 10.2. The van der Waals surface area contributed by atoms with Crippen molar-refractivity contribution in [2.45, 2.75) is 37.3 Å². The van der Waals surface area contributed by atoms with Crippen LogP contribution in [0.25, 0.3) is 17.0 Å². The molecule has 0 aliphatic carbocycles. The Morgan fingerprint density at radius 1 is 0.868 bits per heavy atom. The van der Waals surface area contributed by atoms with Crippen LogP contribution in [-0.4, -0.2) is 58.5 Å². The number of halogens is 3. The Bertz CT molecular complexity index is 1570. The smallest absolute Gasteiger partial charge is 0.337 e. The van der Waals surface area contributed by atoms with Gasteiger partial charge in [0.05, 0.1) is 16.2 Å². The van der Waals surface area contributed by atoms with Crippen LogP contribution in [0.5, 0.6) is 0 Å². The van der Waals surface area contributed by atoms with E-state index < -0.39 is 26.7 Å². The Labute approximate surface area is 218 Å². The van der Waals surface area contributed by atoms with Gasteiger partial charge < -0.3 is 4.90 Å². The van der Waals surface area contributed by atoms with Gasteiger partial charge in [0.2, 0.25) is 16.0 Å². The Morgan fingerprint density at radius 2 is 1.53 bits per heavy atom. The van der Waals surface area contributed by atoms with Gasteiger partial charge in [-0.05, 0) is 29.2 Å². The molecule has 1 aliphatic rings. The summed E-state index contributed by atoms with van der Waals surface area (Å²) in [6, 6.07) is 14.3. The number of anilines is 1. The van der Waals surface area contributed by atoms with E-state index in [2.05, 4.69) is 48.0 Å². The first-order chi connectivity index (χ1) is 17.9. The lowest BCUT2D eigenvalue weighted by atomic mass is 9.86. The molecular formula is C26H27F3N6O2S. The molecule has 0 bridgehead atoms. The number of fused-ring (bicyclic) bond motifs is 1. The molecule has 3 heterocycles. The largest absolute Gasteiger partial charge is 0.417 e. The summed E-state index contributed by atoms with van der Waals surface area (Å²) in [5, 5.41) is 4.63. The standard InChI is InChI=1S/C26H27F3N6O2S/c1-25(2,3)19-10-8-18(9-11-19)21-12-13-30-23-31-24(32-35(21)23)33-14-16-34(17-15-33)38(36,37)22-7-5-4-6-20(22)26(27,28)29/h4-13H,14-17H2,1-3H3. The van der Waals surface area contributed by atoms with E-state index in [1.165, 1.54) is 17.7 Å². The van der Waals surface area contributed by atoms with Crippen molar-refractivity contribution >= 4 is 21.7 Å². The number of sulfonamides is 1. The number of alkyl halides is 3. The van der Waals surface area contributed by atoms with Gasteiger partial charge in [-0.15, -0.1) is 5.10 Å². The lowest BCUT2D eigenvalue weighted by Crippen LogP contribution is -2.49. The Balaban J connectivity index is 1.37. The topological polar surface area (TPSA) is 83.7 Å². The molecule has 5 rings (SSSR count). The monoisotopic (exact) mass is 544 g/mol. The van der Waals surface area contributed by atoms with E-state index in [0.717, 1.165) is 27.7 Å². The van der Waals surface area contributed by atoms with Crippen molar-refractivity contribution in [3.05, 3.63) is 71.9 Å². The summed E-state index contributed by atoms with van der Waals surface area (Å²) >= 11 is 0. The third kappa shape index (κ3) is 4.85. The first-order valence-electron chi connectivity index (χ1n) is 12.1. The second kappa shape index (κ2) is 9.35. The molecule has 8 nitrogen and oxygen atoms in total. The van der Waals surface area contributed by atoms with Crippen LogP contribution in [0.4, 0.5) is 19.1 Å². The maximum Gasteiger partial charge on any atom is 0.417 e. The minimum Gasteiger partial charge on any atom is -0.337 e. The van der Waals surface area contributed by atoms with Gasteiger partial charge in [0.15, 0.2) is 0 Å². The van der Waals surface area contributed by atoms with Crippen molar-refractivity contribution in [2.24, 2.45) is 0 Å². The number of hydrogen-bond acceptors (Lipinski definition) is 6. The fourth-order valence-electron chi connectivity index (χ4n) is 4.47. The van der Waals surface area contributed by atoms with Gasteiger partial charge in [0.25, 0.3) is 5.78 Å². The fraction of sp³-hybridized carbons (Fsp3) is 0.346. The van der Waals surface area contributed by atoms with Gasteiger partial charge in [-0.1, -0.05) is 57.2 Å². The molecule has 2 aromatic heterocycles. The van der Waals surface area contributed by atoms with Crippen LogP contribution >= 0.6 is 0 Å². The van der Waals surface area contributed by atoms with Crippen molar-refractivity contribution in [3.8, 4) is 11.3 Å². The lowest BCUT2D eigenvalue weighted by Gasteiger charge is -2.33. The summed E-state index contributed by atoms with van der Waals surface area (Å²) in [6.07, 6.45) is -3.12. The lowest BCUT2D eigenvalue weighted by molar-refractivity contribution is -0.139. The van der Waals surface area contributed by atoms with Gasteiger partial charge in [-0.3, -0.25) is 0 Å². The molecule has 0 saturated carbocycles. The molecule has 38 heavy (non-hydrogen) atoms. The normalized spacial score (nSPS) is 15.8. The van der Waals surface area contributed by atoms with E-state index >= 15 is 0 Å². The van der Waals surface area contributed by atoms with Crippen LogP contribution in [0.1, 0.15) is 31.9 Å². The van der Waals surface area contributed by atoms with E-state index in [0.29, 0.717) is 11.7 Å². The summed E-state index contributed by atoms with van der Waals surface area (Å²) in [6.45, 7) is 6.89. The van der Waals surface area contributed by atoms with Gasteiger partial charge in [0, 0.05) is 37.9 Å². The zero-order valence-corrected chi connectivity index (χ0v) is 22.0. The maximum atomic E-state index is 13.4. The minimum absolute atomic E-state index is 0.00136. The molecule has 0 radical (unpaired) electrons. The Hall–Kier alpha value is -3.51. The molecule has 0 atom stereocenters. The molecule has 1 fully saturated rings. The summed E-state index contributed by atoms with van der Waals surface area (Å²) in [4.78, 5) is 9.91. The first-order valence-corrected chi connectivity index (χ1v) is 13.5. The van der Waals surface area contributed by atoms with Gasteiger partial charge >= 0.3 is 6.18 Å². The number of aromatic nitrogens is 4. The van der Waals surface area contributed by atoms with E-state index in [1.807, 2.05) is 23.1 Å². The molecule has 200 valence electrons. The third-order valence-corrected chi connectivity index (χ3v) is 8.56. The van der Waals surface area contributed by atoms with Crippen molar-refractivity contribution in [1.82, 2.24) is 23.9 Å². The van der Waals surface area contributed by atoms with Crippen molar-refractivity contribution < 1.29 is 21.6 Å². The van der Waals surface area contributed by atoms with Crippen LogP contribution < -0.4 is 4.90 Å². The second-order valence-corrected chi connectivity index (χ2v) is 12.1. The maximum absolute atomic E-state index is 13.4. The summed E-state index contributed by atoms with van der Waals surface area (Å²) in [5.74, 6) is 0.774. The molecule has 2 aromatic carbocycles. The predicted octanol–water partition coefficient (Wildman–Crippen LogP) is 4.62. The van der Waals surface area contributed by atoms with Crippen LogP contribution in [0, 0.1) is 0 Å². The van der Waals surface area contributed by atoms with Gasteiger partial charge in [-0.2, -0.15) is 27.0 Å². The van der Waals surface area contributed by atoms with E-state index in [-0.39, 0.29) is 31.6 Å². The molecule has 0 spiro atoms. The zero-order valence-electron chi connectivity index (χ0n) is 21.1. The highest BCUT2D eigenvalue weighted by Gasteiger charge is 2.39. The van der Waals surface area contributed by atoms with Crippen molar-refractivity contribution in [2.75, 3.05) is 31.1 Å². The summed E-state index contributed by atoms with van der Waals surface area (Å²) < 4.78 is 69.2. The molecule has 1 saturated heterocycles. The number of hydrogen-bond donors (Lipinski definition) is 0. The molecule has 4 aromatic rings. The SMILES string of the molecule is CC(C)(C)c1ccc(-c2ccnc3nc(N4CCN(S(=O)(=O)c5ccccc5C(F)(F)F)CC4)nn23)cc1. The number of piperazine rings is 1. The highest BCUT2D eigenvalue weighted by molar-refractivity contribution is 7.89. The zero-order chi connectivity index (χ0) is 27.3. The quantitative estimate of drug-likeness (QED) is 0.373. The highest BCUT2D eigenvalue weighted by Crippen LogP contribution is 2.35.